The van der Waals surface area contributed by atoms with E-state index in [0.717, 1.165) is 24.2 Å². The Kier molecular flexibility index (Phi) is 5.58. The van der Waals surface area contributed by atoms with Crippen molar-refractivity contribution in [3.8, 4) is 5.75 Å². The smallest absolute Gasteiger partial charge is 0.327 e. The van der Waals surface area contributed by atoms with Gasteiger partial charge in [0.25, 0.3) is 5.91 Å². The van der Waals surface area contributed by atoms with Crippen molar-refractivity contribution in [3.05, 3.63) is 29.6 Å². The molecule has 3 rings (SSSR count). The maximum Gasteiger partial charge on any atom is 0.327 e. The predicted octanol–water partition coefficient (Wildman–Crippen LogP) is 2.39. The minimum Gasteiger partial charge on any atom is -0.494 e. The van der Waals surface area contributed by atoms with Crippen LogP contribution >= 0.6 is 0 Å². The molecular weight excluding hydrogens is 365 g/mol. The van der Waals surface area contributed by atoms with Gasteiger partial charge in [0, 0.05) is 20.6 Å². The van der Waals surface area contributed by atoms with Gasteiger partial charge in [0.2, 0.25) is 5.91 Å². The lowest BCUT2D eigenvalue weighted by Gasteiger charge is -2.35. The van der Waals surface area contributed by atoms with Gasteiger partial charge in [-0.3, -0.25) is 14.5 Å². The zero-order valence-electron chi connectivity index (χ0n) is 16.5. The van der Waals surface area contributed by atoms with Crippen LogP contribution in [0.3, 0.4) is 0 Å². The first kappa shape index (κ1) is 20.1. The number of benzene rings is 1. The fraction of sp³-hybridized carbons (Fsp3) is 0.550. The van der Waals surface area contributed by atoms with E-state index in [4.69, 9.17) is 4.74 Å². The fourth-order valence-electron chi connectivity index (χ4n) is 4.10. The molecule has 152 valence electrons. The molecule has 7 nitrogen and oxygen atoms in total. The molecule has 28 heavy (non-hydrogen) atoms. The van der Waals surface area contributed by atoms with E-state index in [0.29, 0.717) is 18.4 Å². The third-order valence-corrected chi connectivity index (χ3v) is 5.84. The number of likely N-dealkylation sites (N-methyl/N-ethyl adjacent to an activating group) is 2. The van der Waals surface area contributed by atoms with E-state index >= 15 is 0 Å². The van der Waals surface area contributed by atoms with Crippen LogP contribution < -0.4 is 4.74 Å². The molecule has 1 aliphatic carbocycles. The van der Waals surface area contributed by atoms with Crippen molar-refractivity contribution < 1.29 is 23.5 Å². The number of carbonyl (C=O) groups excluding carboxylic acids is 3. The van der Waals surface area contributed by atoms with Gasteiger partial charge in [-0.2, -0.15) is 0 Å². The number of methoxy groups -OCH3 is 1. The molecule has 1 aliphatic heterocycles. The van der Waals surface area contributed by atoms with E-state index in [9.17, 15) is 18.8 Å². The number of nitrogens with zero attached hydrogens (tertiary/aromatic N) is 3. The predicted molar refractivity (Wildman–Crippen MR) is 100 cm³/mol. The highest BCUT2D eigenvalue weighted by Crippen LogP contribution is 2.39. The van der Waals surface area contributed by atoms with Gasteiger partial charge in [0.15, 0.2) is 11.6 Å². The topological polar surface area (TPSA) is 70.2 Å². The number of hydrogen-bond acceptors (Lipinski definition) is 4. The number of ether oxygens (including phenoxy) is 1. The van der Waals surface area contributed by atoms with E-state index < -0.39 is 17.4 Å². The summed E-state index contributed by atoms with van der Waals surface area (Å²) in [7, 11) is 4.59. The van der Waals surface area contributed by atoms with Gasteiger partial charge in [0.1, 0.15) is 12.1 Å². The molecule has 1 aromatic carbocycles. The monoisotopic (exact) mass is 391 g/mol. The molecule has 0 unspecified atom stereocenters. The maximum absolute atomic E-state index is 13.8. The van der Waals surface area contributed by atoms with E-state index in [-0.39, 0.29) is 30.7 Å². The Balaban J connectivity index is 1.67. The number of hydrogen-bond donors (Lipinski definition) is 0. The fourth-order valence-corrected chi connectivity index (χ4v) is 4.10. The third kappa shape index (κ3) is 3.43. The van der Waals surface area contributed by atoms with Crippen LogP contribution in [0.5, 0.6) is 5.75 Å². The summed E-state index contributed by atoms with van der Waals surface area (Å²) in [4.78, 5) is 42.1. The SMILES string of the molecule is COc1ccc(CN(C)C(=O)CN2C(=O)N(C)C3(CCCCC3)C2=O)cc1F. The number of carbonyl (C=O) groups is 3. The van der Waals surface area contributed by atoms with Crippen molar-refractivity contribution in [2.75, 3.05) is 27.7 Å². The molecule has 1 saturated carbocycles. The highest BCUT2D eigenvalue weighted by atomic mass is 19.1. The molecule has 0 bridgehead atoms. The van der Waals surface area contributed by atoms with E-state index in [1.54, 1.807) is 20.2 Å². The molecule has 4 amide bonds. The number of amides is 4. The minimum atomic E-state index is -0.798. The second kappa shape index (κ2) is 7.77. The summed E-state index contributed by atoms with van der Waals surface area (Å²) in [6.07, 6.45) is 4.12. The second-order valence-corrected chi connectivity index (χ2v) is 7.54. The Morgan fingerprint density at radius 3 is 2.54 bits per heavy atom. The van der Waals surface area contributed by atoms with Gasteiger partial charge in [-0.15, -0.1) is 0 Å². The molecule has 2 fully saturated rings. The summed E-state index contributed by atoms with van der Waals surface area (Å²) in [5.41, 5.74) is -0.207. The Morgan fingerprint density at radius 2 is 1.93 bits per heavy atom. The third-order valence-electron chi connectivity index (χ3n) is 5.84. The lowest BCUT2D eigenvalue weighted by atomic mass is 9.81. The first-order valence-corrected chi connectivity index (χ1v) is 9.46. The minimum absolute atomic E-state index is 0.131. The van der Waals surface area contributed by atoms with Crippen molar-refractivity contribution >= 4 is 17.8 Å². The molecule has 0 radical (unpaired) electrons. The first-order chi connectivity index (χ1) is 13.3. The molecular formula is C20H26FN3O4. The van der Waals surface area contributed by atoms with Crippen LogP contribution in [0.1, 0.15) is 37.7 Å². The molecule has 2 aliphatic rings. The highest BCUT2D eigenvalue weighted by molar-refractivity contribution is 6.08. The van der Waals surface area contributed by atoms with Crippen molar-refractivity contribution in [3.63, 3.8) is 0 Å². The summed E-state index contributed by atoms with van der Waals surface area (Å²) in [5, 5.41) is 0. The summed E-state index contributed by atoms with van der Waals surface area (Å²) < 4.78 is 18.7. The molecule has 1 saturated heterocycles. The molecule has 1 spiro atoms. The van der Waals surface area contributed by atoms with Crippen LogP contribution in [0.15, 0.2) is 18.2 Å². The van der Waals surface area contributed by atoms with Gasteiger partial charge in [0.05, 0.1) is 7.11 Å². The van der Waals surface area contributed by atoms with E-state index in [1.165, 1.54) is 29.0 Å². The highest BCUT2D eigenvalue weighted by Gasteiger charge is 2.55. The Bertz CT molecular complexity index is 792. The molecule has 1 aromatic rings. The van der Waals surface area contributed by atoms with Crippen LogP contribution in [0, 0.1) is 5.82 Å². The molecule has 1 heterocycles. The Labute approximate surface area is 164 Å². The molecule has 0 N–H and O–H groups in total. The van der Waals surface area contributed by atoms with Crippen molar-refractivity contribution in [1.82, 2.24) is 14.7 Å². The van der Waals surface area contributed by atoms with Crippen LogP contribution in [-0.2, 0) is 16.1 Å². The number of rotatable bonds is 5. The lowest BCUT2D eigenvalue weighted by Crippen LogP contribution is -2.49. The van der Waals surface area contributed by atoms with Gasteiger partial charge < -0.3 is 14.5 Å². The first-order valence-electron chi connectivity index (χ1n) is 9.46. The van der Waals surface area contributed by atoms with Crippen LogP contribution in [0.2, 0.25) is 0 Å². The van der Waals surface area contributed by atoms with Crippen molar-refractivity contribution in [2.45, 2.75) is 44.2 Å². The molecule has 8 heteroatoms. The van der Waals surface area contributed by atoms with Gasteiger partial charge in [-0.1, -0.05) is 25.3 Å². The number of urea groups is 1. The van der Waals surface area contributed by atoms with Crippen LogP contribution in [0.4, 0.5) is 9.18 Å². The normalized spacial score (nSPS) is 18.7. The Hall–Kier alpha value is -2.64. The van der Waals surface area contributed by atoms with E-state index in [1.807, 2.05) is 0 Å². The lowest BCUT2D eigenvalue weighted by molar-refractivity contribution is -0.140. The zero-order valence-corrected chi connectivity index (χ0v) is 16.5. The second-order valence-electron chi connectivity index (χ2n) is 7.54. The zero-order chi connectivity index (χ0) is 20.5. The van der Waals surface area contributed by atoms with Gasteiger partial charge >= 0.3 is 6.03 Å². The average Bonchev–Trinajstić information content (AvgIpc) is 2.85. The van der Waals surface area contributed by atoms with Gasteiger partial charge in [-0.05, 0) is 30.5 Å². The van der Waals surface area contributed by atoms with Crippen LogP contribution in [0.25, 0.3) is 0 Å². The van der Waals surface area contributed by atoms with Crippen molar-refractivity contribution in [1.29, 1.82) is 0 Å². The van der Waals surface area contributed by atoms with Crippen LogP contribution in [-0.4, -0.2) is 65.8 Å². The molecule has 0 atom stereocenters. The van der Waals surface area contributed by atoms with Gasteiger partial charge in [-0.25, -0.2) is 9.18 Å². The quantitative estimate of drug-likeness (QED) is 0.723. The molecule has 0 aromatic heterocycles. The largest absolute Gasteiger partial charge is 0.494 e. The van der Waals surface area contributed by atoms with E-state index in [2.05, 4.69) is 0 Å². The summed E-state index contributed by atoms with van der Waals surface area (Å²) in [5.74, 6) is -1.03. The van der Waals surface area contributed by atoms with Crippen molar-refractivity contribution in [2.24, 2.45) is 0 Å². The number of imide groups is 1. The average molecular weight is 391 g/mol. The summed E-state index contributed by atoms with van der Waals surface area (Å²) in [6, 6.07) is 4.05. The summed E-state index contributed by atoms with van der Waals surface area (Å²) in [6.45, 7) is -0.143. The maximum atomic E-state index is 13.8. The number of halogens is 1. The summed E-state index contributed by atoms with van der Waals surface area (Å²) >= 11 is 0. The Morgan fingerprint density at radius 1 is 1.25 bits per heavy atom. The standard InChI is InChI=1S/C20H26FN3O4/c1-22(12-14-7-8-16(28-3)15(21)11-14)17(25)13-24-18(26)20(23(2)19(24)27)9-5-4-6-10-20/h7-8,11H,4-6,9-10,12-13H2,1-3H3.